The molecule has 0 fully saturated rings. The summed E-state index contributed by atoms with van der Waals surface area (Å²) in [5, 5.41) is 10.1. The fraction of sp³-hybridized carbons (Fsp3) is 0.600. The van der Waals surface area contributed by atoms with Gasteiger partial charge in [-0.05, 0) is 24.6 Å². The lowest BCUT2D eigenvalue weighted by atomic mass is 10.1. The number of hydrogen-bond donors (Lipinski definition) is 0. The maximum Gasteiger partial charge on any atom is 0.138 e. The monoisotopic (exact) mass is 390 g/mol. The van der Waals surface area contributed by atoms with Crippen molar-refractivity contribution in [1.82, 2.24) is 0 Å². The molecule has 0 unspecified atom stereocenters. The second kappa shape index (κ2) is 5.66. The minimum absolute atomic E-state index is 0.106. The second-order valence-electron chi connectivity index (χ2n) is 8.18. The van der Waals surface area contributed by atoms with Crippen LogP contribution in [0.25, 0.3) is 0 Å². The highest BCUT2D eigenvalue weighted by atomic mass is 35.7. The van der Waals surface area contributed by atoms with Gasteiger partial charge in [0.1, 0.15) is 5.28 Å². The van der Waals surface area contributed by atoms with Gasteiger partial charge in [0.2, 0.25) is 0 Å². The molecule has 7 heteroatoms. The van der Waals surface area contributed by atoms with Crippen molar-refractivity contribution < 1.29 is 0 Å². The number of rotatable bonds is 3. The predicted octanol–water partition coefficient (Wildman–Crippen LogP) is 7.07. The van der Waals surface area contributed by atoms with E-state index in [0.29, 0.717) is 0 Å². The van der Waals surface area contributed by atoms with E-state index in [1.54, 1.807) is 0 Å². The summed E-state index contributed by atoms with van der Waals surface area (Å²) in [4.78, 5) is 0. The minimum Gasteiger partial charge on any atom is -0.187 e. The molecule has 0 radical (unpaired) electrons. The van der Waals surface area contributed by atoms with Gasteiger partial charge in [-0.1, -0.05) is 74.3 Å². The van der Waals surface area contributed by atoms with E-state index in [1.807, 2.05) is 24.3 Å². The van der Waals surface area contributed by atoms with E-state index >= 15 is 0 Å². The van der Waals surface area contributed by atoms with Gasteiger partial charge in [0, 0.05) is 12.3 Å². The van der Waals surface area contributed by atoms with Crippen molar-refractivity contribution in [3.05, 3.63) is 34.9 Å². The van der Waals surface area contributed by atoms with Crippen LogP contribution in [0.1, 0.15) is 12.5 Å². The van der Waals surface area contributed by atoms with E-state index in [-0.39, 0.29) is 4.53 Å². The molecule has 1 heterocycles. The summed E-state index contributed by atoms with van der Waals surface area (Å²) < 4.78 is -0.106. The Morgan fingerprint density at radius 1 is 0.909 bits per heavy atom. The third-order valence-corrected chi connectivity index (χ3v) is 23.4. The Bertz CT molecular complexity index is 579. The highest BCUT2D eigenvalue weighted by Gasteiger charge is 2.66. The molecule has 0 aromatic heterocycles. The van der Waals surface area contributed by atoms with Crippen molar-refractivity contribution in [2.24, 2.45) is 10.2 Å². The maximum absolute atomic E-state index is 7.20. The second-order valence-corrected chi connectivity index (χ2v) is 23.5. The minimum atomic E-state index is -1.63. The van der Waals surface area contributed by atoms with E-state index in [1.165, 1.54) is 0 Å². The normalized spacial score (nSPS) is 28.1. The smallest absolute Gasteiger partial charge is 0.138 e. The van der Waals surface area contributed by atoms with E-state index in [9.17, 15) is 0 Å². The molecule has 0 N–H and O–H groups in total. The molecule has 22 heavy (non-hydrogen) atoms. The molecule has 122 valence electrons. The number of hydrogen-bond acceptors (Lipinski definition) is 2. The molecule has 1 aliphatic heterocycles. The first-order chi connectivity index (χ1) is 9.86. The summed E-state index contributed by atoms with van der Waals surface area (Å²) in [5.74, 6) is 0. The average molecular weight is 391 g/mol. The van der Waals surface area contributed by atoms with Crippen LogP contribution >= 0.6 is 30.1 Å². The molecule has 1 aromatic carbocycles. The lowest BCUT2D eigenvalue weighted by Gasteiger charge is -2.49. The number of azo groups is 1. The number of halogens is 2. The zero-order valence-electron chi connectivity index (χ0n) is 14.4. The molecular formula is C15H25Cl2N2PSi2. The summed E-state index contributed by atoms with van der Waals surface area (Å²) in [6.07, 6.45) is 0. The molecule has 1 aliphatic rings. The molecule has 0 saturated heterocycles. The molecule has 0 bridgehead atoms. The first-order valence-corrected chi connectivity index (χ1v) is 17.1. The van der Waals surface area contributed by atoms with Gasteiger partial charge in [-0.15, -0.1) is 0 Å². The van der Waals surface area contributed by atoms with Gasteiger partial charge in [-0.25, -0.2) is 0 Å². The van der Waals surface area contributed by atoms with Gasteiger partial charge in [-0.2, -0.15) is 10.2 Å². The lowest BCUT2D eigenvalue weighted by Crippen LogP contribution is -2.62. The van der Waals surface area contributed by atoms with Crippen molar-refractivity contribution >= 4 is 46.3 Å². The highest BCUT2D eigenvalue weighted by molar-refractivity contribution is 7.90. The SMILES string of the molecule is C[C@@]1(c2ccc(Cl)cc2)N=NC([Si](C)(C)C)([Si](C)(C)C)[P@@]1Cl. The average Bonchev–Trinajstić information content (AvgIpc) is 2.64. The van der Waals surface area contributed by atoms with Crippen LogP contribution in [-0.2, 0) is 5.28 Å². The number of benzene rings is 1. The third-order valence-electron chi connectivity index (χ3n) is 4.54. The molecule has 0 saturated carbocycles. The highest BCUT2D eigenvalue weighted by Crippen LogP contribution is 2.76. The third kappa shape index (κ3) is 2.65. The topological polar surface area (TPSA) is 24.7 Å². The van der Waals surface area contributed by atoms with Crippen molar-refractivity contribution in [1.29, 1.82) is 0 Å². The quantitative estimate of drug-likeness (QED) is 0.389. The Labute approximate surface area is 147 Å². The van der Waals surface area contributed by atoms with E-state index < -0.39 is 28.7 Å². The van der Waals surface area contributed by atoms with Crippen molar-refractivity contribution in [2.45, 2.75) is 56.0 Å². The van der Waals surface area contributed by atoms with Gasteiger partial charge < -0.3 is 0 Å². The Kier molecular flexibility index (Phi) is 4.79. The summed E-state index contributed by atoms with van der Waals surface area (Å²) in [7, 11) is -4.17. The zero-order chi connectivity index (χ0) is 17.0. The van der Waals surface area contributed by atoms with Crippen LogP contribution in [0.2, 0.25) is 44.3 Å². The van der Waals surface area contributed by atoms with Crippen LogP contribution in [0.4, 0.5) is 0 Å². The molecule has 2 atom stereocenters. The molecule has 2 rings (SSSR count). The van der Waals surface area contributed by atoms with Gasteiger partial charge in [0.25, 0.3) is 0 Å². The van der Waals surface area contributed by atoms with Crippen LogP contribution in [-0.4, -0.2) is 20.7 Å². The zero-order valence-corrected chi connectivity index (χ0v) is 18.8. The molecule has 0 amide bonds. The molecule has 2 nitrogen and oxygen atoms in total. The van der Waals surface area contributed by atoms with Gasteiger partial charge in [0.05, 0.1) is 20.7 Å². The fourth-order valence-electron chi connectivity index (χ4n) is 3.51. The Morgan fingerprint density at radius 2 is 1.36 bits per heavy atom. The van der Waals surface area contributed by atoms with Crippen LogP contribution in [0.5, 0.6) is 0 Å². The van der Waals surface area contributed by atoms with Crippen molar-refractivity contribution in [3.8, 4) is 0 Å². The molecule has 0 aliphatic carbocycles. The summed E-state index contributed by atoms with van der Waals surface area (Å²) in [5.41, 5.74) is 1.13. The molecular weight excluding hydrogens is 366 g/mol. The molecule has 1 aromatic rings. The summed E-state index contributed by atoms with van der Waals surface area (Å²) in [6.45, 7) is 16.4. The summed E-state index contributed by atoms with van der Waals surface area (Å²) >= 11 is 13.2. The van der Waals surface area contributed by atoms with E-state index in [2.05, 4.69) is 46.2 Å². The van der Waals surface area contributed by atoms with Crippen LogP contribution in [0, 0.1) is 0 Å². The Morgan fingerprint density at radius 3 is 1.73 bits per heavy atom. The first-order valence-electron chi connectivity index (χ1n) is 7.52. The standard InChI is InChI=1S/C15H25Cl2N2PSi2/c1-14(12-8-10-13(16)11-9-12)18-19-15(20(14)17,21(2,3)4)22(5,6)7/h8-11H,1-7H3/t14-,20+/m1/s1. The number of nitrogens with zero attached hydrogens (tertiary/aromatic N) is 2. The Hall–Kier alpha value is 0.264. The van der Waals surface area contributed by atoms with Crippen molar-refractivity contribution in [2.75, 3.05) is 0 Å². The fourth-order valence-corrected chi connectivity index (χ4v) is 25.7. The maximum atomic E-state index is 7.20. The van der Waals surface area contributed by atoms with Gasteiger partial charge in [-0.3, -0.25) is 0 Å². The van der Waals surface area contributed by atoms with Crippen LogP contribution in [0.3, 0.4) is 0 Å². The summed E-state index contributed by atoms with van der Waals surface area (Å²) in [6, 6.07) is 7.93. The largest absolute Gasteiger partial charge is 0.187 e. The van der Waals surface area contributed by atoms with Crippen molar-refractivity contribution in [3.63, 3.8) is 0 Å². The van der Waals surface area contributed by atoms with E-state index in [4.69, 9.17) is 33.1 Å². The first kappa shape index (κ1) is 18.6. The van der Waals surface area contributed by atoms with E-state index in [0.717, 1.165) is 10.6 Å². The molecule has 0 spiro atoms. The van der Waals surface area contributed by atoms with Gasteiger partial charge >= 0.3 is 0 Å². The van der Waals surface area contributed by atoms with Crippen LogP contribution in [0.15, 0.2) is 34.5 Å². The lowest BCUT2D eigenvalue weighted by molar-refractivity contribution is 0.697. The predicted molar refractivity (Wildman–Crippen MR) is 106 cm³/mol. The Balaban J connectivity index is 2.58. The van der Waals surface area contributed by atoms with Gasteiger partial charge in [0.15, 0.2) is 0 Å². The van der Waals surface area contributed by atoms with Crippen LogP contribution < -0.4 is 0 Å².